The van der Waals surface area contributed by atoms with Gasteiger partial charge in [-0.05, 0) is 24.3 Å². The summed E-state index contributed by atoms with van der Waals surface area (Å²) < 4.78 is 30.3. The minimum Gasteiger partial charge on any atom is -0.457 e. The Morgan fingerprint density at radius 2 is 1.43 bits per heavy atom. The predicted octanol–water partition coefficient (Wildman–Crippen LogP) is 3.55. The second-order valence-electron chi connectivity index (χ2n) is 7.15. The lowest BCUT2D eigenvalue weighted by molar-refractivity contribution is -0.145. The van der Waals surface area contributed by atoms with Crippen molar-refractivity contribution in [1.82, 2.24) is 0 Å². The van der Waals surface area contributed by atoms with E-state index < -0.39 is 46.5 Å². The Balaban J connectivity index is 1.52. The molecule has 1 aliphatic heterocycles. The SMILES string of the molecule is CC(=O)OC1SC2(CC2OC(=O)c2ccccc2)[C@@H](OC(=O)c2ccccc2)[C@@H]1F. The van der Waals surface area contributed by atoms with Gasteiger partial charge in [0.2, 0.25) is 0 Å². The van der Waals surface area contributed by atoms with Gasteiger partial charge in [0, 0.05) is 13.3 Å². The zero-order chi connectivity index (χ0) is 21.3. The zero-order valence-corrected chi connectivity index (χ0v) is 16.8. The molecule has 2 aromatic rings. The number of esters is 3. The number of halogens is 1. The summed E-state index contributed by atoms with van der Waals surface area (Å²) in [6, 6.07) is 16.7. The average Bonchev–Trinajstić information content (AvgIpc) is 3.37. The topological polar surface area (TPSA) is 78.9 Å². The minimum absolute atomic E-state index is 0.277. The van der Waals surface area contributed by atoms with Crippen molar-refractivity contribution in [3.8, 4) is 0 Å². The smallest absolute Gasteiger partial charge is 0.338 e. The Kier molecular flexibility index (Phi) is 5.51. The minimum atomic E-state index is -1.74. The molecule has 3 unspecified atom stereocenters. The third-order valence-corrected chi connectivity index (χ3v) is 6.73. The van der Waals surface area contributed by atoms with Gasteiger partial charge in [0.1, 0.15) is 10.9 Å². The first-order valence-corrected chi connectivity index (χ1v) is 10.3. The molecule has 1 aliphatic carbocycles. The van der Waals surface area contributed by atoms with Gasteiger partial charge < -0.3 is 14.2 Å². The van der Waals surface area contributed by atoms with Gasteiger partial charge >= 0.3 is 17.9 Å². The van der Waals surface area contributed by atoms with Crippen molar-refractivity contribution in [2.75, 3.05) is 0 Å². The second-order valence-corrected chi connectivity index (χ2v) is 8.61. The Morgan fingerprint density at radius 1 is 0.900 bits per heavy atom. The molecule has 0 N–H and O–H groups in total. The fourth-order valence-electron chi connectivity index (χ4n) is 3.50. The molecule has 2 aromatic carbocycles. The van der Waals surface area contributed by atoms with Crippen LogP contribution in [0.1, 0.15) is 34.1 Å². The van der Waals surface area contributed by atoms with E-state index in [4.69, 9.17) is 14.2 Å². The zero-order valence-electron chi connectivity index (χ0n) is 16.0. The number of rotatable bonds is 5. The molecule has 0 aromatic heterocycles. The number of ether oxygens (including phenoxy) is 3. The Hall–Kier alpha value is -2.87. The number of benzene rings is 2. The van der Waals surface area contributed by atoms with E-state index in [2.05, 4.69) is 0 Å². The molecular weight excluding hydrogens is 411 g/mol. The van der Waals surface area contributed by atoms with Crippen LogP contribution in [0.3, 0.4) is 0 Å². The fourth-order valence-corrected chi connectivity index (χ4v) is 5.15. The molecule has 0 amide bonds. The molecule has 0 radical (unpaired) electrons. The molecule has 156 valence electrons. The van der Waals surface area contributed by atoms with Crippen molar-refractivity contribution >= 4 is 29.7 Å². The summed E-state index contributed by atoms with van der Waals surface area (Å²) >= 11 is 1.03. The molecule has 1 spiro atoms. The first kappa shape index (κ1) is 20.4. The highest BCUT2D eigenvalue weighted by atomic mass is 32.2. The van der Waals surface area contributed by atoms with Crippen LogP contribution >= 0.6 is 11.8 Å². The molecule has 1 saturated heterocycles. The van der Waals surface area contributed by atoms with Gasteiger partial charge in [-0.2, -0.15) is 0 Å². The molecule has 2 aliphatic rings. The molecule has 0 bridgehead atoms. The van der Waals surface area contributed by atoms with Gasteiger partial charge in [-0.3, -0.25) is 4.79 Å². The van der Waals surface area contributed by atoms with Gasteiger partial charge in [0.15, 0.2) is 17.7 Å². The van der Waals surface area contributed by atoms with Gasteiger partial charge in [0.05, 0.1) is 11.1 Å². The van der Waals surface area contributed by atoms with Crippen LogP contribution in [-0.4, -0.2) is 46.5 Å². The van der Waals surface area contributed by atoms with Crippen LogP contribution in [0.4, 0.5) is 4.39 Å². The van der Waals surface area contributed by atoms with E-state index in [0.29, 0.717) is 12.0 Å². The number of thioether (sulfide) groups is 1. The summed E-state index contributed by atoms with van der Waals surface area (Å²) in [5.41, 5.74) is -0.496. The Bertz CT molecular complexity index is 953. The van der Waals surface area contributed by atoms with Crippen LogP contribution in [0.5, 0.6) is 0 Å². The Morgan fingerprint density at radius 3 is 1.97 bits per heavy atom. The molecule has 8 heteroatoms. The van der Waals surface area contributed by atoms with E-state index in [1.807, 2.05) is 0 Å². The van der Waals surface area contributed by atoms with Crippen molar-refractivity contribution in [3.05, 3.63) is 71.8 Å². The van der Waals surface area contributed by atoms with Crippen LogP contribution in [0.15, 0.2) is 60.7 Å². The van der Waals surface area contributed by atoms with E-state index in [-0.39, 0.29) is 5.56 Å². The van der Waals surface area contributed by atoms with Gasteiger partial charge in [-0.1, -0.05) is 48.2 Å². The monoisotopic (exact) mass is 430 g/mol. The molecule has 2 fully saturated rings. The van der Waals surface area contributed by atoms with E-state index in [9.17, 15) is 14.4 Å². The molecular formula is C22H19FO6S. The van der Waals surface area contributed by atoms with E-state index >= 15 is 4.39 Å². The lowest BCUT2D eigenvalue weighted by Gasteiger charge is -2.21. The maximum Gasteiger partial charge on any atom is 0.338 e. The molecule has 6 nitrogen and oxygen atoms in total. The van der Waals surface area contributed by atoms with Crippen molar-refractivity contribution in [1.29, 1.82) is 0 Å². The normalized spacial score (nSPS) is 29.3. The highest BCUT2D eigenvalue weighted by Crippen LogP contribution is 2.62. The summed E-state index contributed by atoms with van der Waals surface area (Å²) in [4.78, 5) is 36.3. The molecule has 4 rings (SSSR count). The lowest BCUT2D eigenvalue weighted by Crippen LogP contribution is -2.38. The number of carbonyl (C=O) groups is 3. The molecule has 30 heavy (non-hydrogen) atoms. The van der Waals surface area contributed by atoms with E-state index in [1.54, 1.807) is 60.7 Å². The number of hydrogen-bond acceptors (Lipinski definition) is 7. The maximum atomic E-state index is 15.1. The van der Waals surface area contributed by atoms with Gasteiger partial charge in [0.25, 0.3) is 0 Å². The quantitative estimate of drug-likeness (QED) is 0.530. The average molecular weight is 430 g/mol. The first-order valence-electron chi connectivity index (χ1n) is 9.42. The highest BCUT2D eigenvalue weighted by molar-refractivity contribution is 8.01. The van der Waals surface area contributed by atoms with Crippen LogP contribution < -0.4 is 0 Å². The predicted molar refractivity (Wildman–Crippen MR) is 107 cm³/mol. The molecule has 1 saturated carbocycles. The summed E-state index contributed by atoms with van der Waals surface area (Å²) in [6.07, 6.45) is -3.33. The summed E-state index contributed by atoms with van der Waals surface area (Å²) in [5, 5.41) is 0. The van der Waals surface area contributed by atoms with Crippen molar-refractivity contribution in [2.45, 2.75) is 41.9 Å². The van der Waals surface area contributed by atoms with Crippen LogP contribution in [0, 0.1) is 0 Å². The largest absolute Gasteiger partial charge is 0.457 e. The molecule has 5 atom stereocenters. The van der Waals surface area contributed by atoms with E-state index in [0.717, 1.165) is 11.8 Å². The van der Waals surface area contributed by atoms with Crippen LogP contribution in [0.2, 0.25) is 0 Å². The third kappa shape index (κ3) is 3.92. The summed E-state index contributed by atoms with van der Waals surface area (Å²) in [5.74, 6) is -1.87. The van der Waals surface area contributed by atoms with Crippen LogP contribution in [-0.2, 0) is 19.0 Å². The van der Waals surface area contributed by atoms with Crippen molar-refractivity contribution in [2.24, 2.45) is 0 Å². The maximum absolute atomic E-state index is 15.1. The number of carbonyl (C=O) groups excluding carboxylic acids is 3. The van der Waals surface area contributed by atoms with Gasteiger partial charge in [-0.25, -0.2) is 14.0 Å². The van der Waals surface area contributed by atoms with Crippen LogP contribution in [0.25, 0.3) is 0 Å². The molecule has 1 heterocycles. The second kappa shape index (κ2) is 8.10. The third-order valence-electron chi connectivity index (χ3n) is 5.04. The van der Waals surface area contributed by atoms with E-state index in [1.165, 1.54) is 6.92 Å². The van der Waals surface area contributed by atoms with Crippen molar-refractivity contribution < 1.29 is 33.0 Å². The number of alkyl halides is 1. The van der Waals surface area contributed by atoms with Crippen molar-refractivity contribution in [3.63, 3.8) is 0 Å². The Labute approximate surface area is 176 Å². The lowest BCUT2D eigenvalue weighted by atomic mass is 10.1. The first-order chi connectivity index (χ1) is 14.4. The fraction of sp³-hybridized carbons (Fsp3) is 0.318. The summed E-state index contributed by atoms with van der Waals surface area (Å²) in [6.45, 7) is 1.18. The summed E-state index contributed by atoms with van der Waals surface area (Å²) in [7, 11) is 0. The number of hydrogen-bond donors (Lipinski definition) is 0. The highest BCUT2D eigenvalue weighted by Gasteiger charge is 2.73. The standard InChI is InChI=1S/C22H19FO6S/c1-13(24)27-21-17(23)18(29-20(26)15-10-6-3-7-11-15)22(30-21)12-16(22)28-19(25)14-8-4-2-5-9-14/h2-11,16-18,21H,12H2,1H3/t16?,17-,18-,21?,22?/m0/s1. The van der Waals surface area contributed by atoms with Gasteiger partial charge in [-0.15, -0.1) is 0 Å².